The fourth-order valence-corrected chi connectivity index (χ4v) is 3.48. The third-order valence-corrected chi connectivity index (χ3v) is 5.18. The van der Waals surface area contributed by atoms with Crippen LogP contribution in [0.15, 0.2) is 30.5 Å². The number of carbonyl (C=O) groups excluding carboxylic acids is 2. The van der Waals surface area contributed by atoms with Crippen molar-refractivity contribution in [3.05, 3.63) is 30.5 Å². The number of benzene rings is 1. The molecule has 8 heteroatoms. The van der Waals surface area contributed by atoms with Gasteiger partial charge in [0.1, 0.15) is 11.8 Å². The number of hydrogen-bond acceptors (Lipinski definition) is 6. The zero-order valence-electron chi connectivity index (χ0n) is 19.8. The Morgan fingerprint density at radius 2 is 1.91 bits per heavy atom. The summed E-state index contributed by atoms with van der Waals surface area (Å²) in [6, 6.07) is 6.78. The summed E-state index contributed by atoms with van der Waals surface area (Å²) in [5.74, 6) is 0.561. The van der Waals surface area contributed by atoms with Gasteiger partial charge in [0.2, 0.25) is 11.8 Å². The van der Waals surface area contributed by atoms with Crippen LogP contribution in [-0.4, -0.2) is 48.6 Å². The molecule has 2 amide bonds. The molecule has 32 heavy (non-hydrogen) atoms. The summed E-state index contributed by atoms with van der Waals surface area (Å²) in [7, 11) is 1.65. The Kier molecular flexibility index (Phi) is 9.71. The van der Waals surface area contributed by atoms with E-state index >= 15 is 0 Å². The van der Waals surface area contributed by atoms with Crippen LogP contribution in [0.1, 0.15) is 47.0 Å². The first-order valence-electron chi connectivity index (χ1n) is 11.2. The summed E-state index contributed by atoms with van der Waals surface area (Å²) in [6.07, 6.45) is 3.99. The van der Waals surface area contributed by atoms with Crippen molar-refractivity contribution in [1.82, 2.24) is 15.6 Å². The average molecular weight is 444 g/mol. The minimum atomic E-state index is -0.647. The van der Waals surface area contributed by atoms with E-state index in [1.807, 2.05) is 38.1 Å². The average Bonchev–Trinajstić information content (AvgIpc) is 2.75. The van der Waals surface area contributed by atoms with Crippen molar-refractivity contribution < 1.29 is 14.3 Å². The van der Waals surface area contributed by atoms with E-state index in [1.165, 1.54) is 0 Å². The molecule has 0 fully saturated rings. The number of aromatic nitrogens is 1. The molecule has 1 aromatic heterocycles. The van der Waals surface area contributed by atoms with Crippen LogP contribution in [0.5, 0.6) is 5.75 Å². The maximum atomic E-state index is 12.6. The predicted octanol–water partition coefficient (Wildman–Crippen LogP) is 2.82. The maximum Gasteiger partial charge on any atom is 0.242 e. The van der Waals surface area contributed by atoms with Crippen molar-refractivity contribution in [1.29, 1.82) is 0 Å². The van der Waals surface area contributed by atoms with Crippen LogP contribution >= 0.6 is 0 Å². The standard InChI is InChI=1S/C24H37N5O3/c1-15(2)12-21(29-23(30)17(4)25)24(31)27-11-6-8-16(3)28-20-14-19(32-5)13-18-9-7-10-26-22(18)20/h7,9-10,13-17,21,28H,6,8,11-12,25H2,1-5H3,(H,27,31)(H,29,30)/t16?,17-,21-/m0/s1. The zero-order chi connectivity index (χ0) is 23.7. The highest BCUT2D eigenvalue weighted by Gasteiger charge is 2.22. The number of nitrogens with zero attached hydrogens (tertiary/aromatic N) is 1. The minimum Gasteiger partial charge on any atom is -0.497 e. The molecule has 1 aromatic carbocycles. The van der Waals surface area contributed by atoms with E-state index in [1.54, 1.807) is 20.2 Å². The molecule has 8 nitrogen and oxygen atoms in total. The van der Waals surface area contributed by atoms with Gasteiger partial charge in [0.25, 0.3) is 0 Å². The fourth-order valence-electron chi connectivity index (χ4n) is 3.48. The predicted molar refractivity (Wildman–Crippen MR) is 129 cm³/mol. The Hall–Kier alpha value is -2.87. The van der Waals surface area contributed by atoms with Crippen LogP contribution in [0.2, 0.25) is 0 Å². The van der Waals surface area contributed by atoms with Crippen molar-refractivity contribution in [2.75, 3.05) is 19.0 Å². The molecule has 1 unspecified atom stereocenters. The van der Waals surface area contributed by atoms with Gasteiger partial charge >= 0.3 is 0 Å². The summed E-state index contributed by atoms with van der Waals surface area (Å²) in [4.78, 5) is 29.0. The van der Waals surface area contributed by atoms with Crippen molar-refractivity contribution >= 4 is 28.4 Å². The summed E-state index contributed by atoms with van der Waals surface area (Å²) < 4.78 is 5.41. The van der Waals surface area contributed by atoms with Crippen LogP contribution in [0.4, 0.5) is 5.69 Å². The molecule has 0 bridgehead atoms. The van der Waals surface area contributed by atoms with Gasteiger partial charge in [0.05, 0.1) is 24.4 Å². The molecule has 0 aliphatic heterocycles. The van der Waals surface area contributed by atoms with Crippen LogP contribution in [-0.2, 0) is 9.59 Å². The molecular formula is C24H37N5O3. The monoisotopic (exact) mass is 443 g/mol. The topological polar surface area (TPSA) is 118 Å². The number of nitrogens with one attached hydrogen (secondary N) is 3. The lowest BCUT2D eigenvalue weighted by atomic mass is 10.0. The number of pyridine rings is 1. The second-order valence-corrected chi connectivity index (χ2v) is 8.71. The Labute approximate surface area is 190 Å². The van der Waals surface area contributed by atoms with Gasteiger partial charge in [0, 0.05) is 30.2 Å². The quantitative estimate of drug-likeness (QED) is 0.375. The van der Waals surface area contributed by atoms with Crippen LogP contribution < -0.4 is 26.4 Å². The van der Waals surface area contributed by atoms with Gasteiger partial charge < -0.3 is 26.4 Å². The Bertz CT molecular complexity index is 900. The van der Waals surface area contributed by atoms with Crippen LogP contribution in [0, 0.1) is 5.92 Å². The number of hydrogen-bond donors (Lipinski definition) is 4. The molecule has 0 spiro atoms. The van der Waals surface area contributed by atoms with Gasteiger partial charge in [-0.2, -0.15) is 0 Å². The maximum absolute atomic E-state index is 12.6. The first-order valence-corrected chi connectivity index (χ1v) is 11.2. The molecule has 0 saturated heterocycles. The van der Waals surface area contributed by atoms with Crippen LogP contribution in [0.25, 0.3) is 10.9 Å². The summed E-state index contributed by atoms with van der Waals surface area (Å²) in [5.41, 5.74) is 7.44. The third-order valence-electron chi connectivity index (χ3n) is 5.18. The normalized spacial score (nSPS) is 14.0. The number of fused-ring (bicyclic) bond motifs is 1. The van der Waals surface area contributed by atoms with E-state index in [2.05, 4.69) is 27.9 Å². The minimum absolute atomic E-state index is 0.170. The zero-order valence-corrected chi connectivity index (χ0v) is 19.8. The first-order chi connectivity index (χ1) is 15.2. The molecule has 0 aliphatic rings. The number of nitrogens with two attached hydrogens (primary N) is 1. The molecule has 176 valence electrons. The largest absolute Gasteiger partial charge is 0.497 e. The Morgan fingerprint density at radius 3 is 2.56 bits per heavy atom. The van der Waals surface area contributed by atoms with Gasteiger partial charge in [-0.05, 0) is 51.2 Å². The lowest BCUT2D eigenvalue weighted by Crippen LogP contribution is -2.51. The highest BCUT2D eigenvalue weighted by atomic mass is 16.5. The SMILES string of the molecule is COc1cc(NC(C)CCCNC(=O)[C@H](CC(C)C)NC(=O)[C@H](C)N)c2ncccc2c1. The first kappa shape index (κ1) is 25.4. The van der Waals surface area contributed by atoms with E-state index in [0.29, 0.717) is 13.0 Å². The number of carbonyl (C=O) groups is 2. The van der Waals surface area contributed by atoms with E-state index < -0.39 is 12.1 Å². The summed E-state index contributed by atoms with van der Waals surface area (Å²) >= 11 is 0. The Morgan fingerprint density at radius 1 is 1.16 bits per heavy atom. The van der Waals surface area contributed by atoms with Crippen molar-refractivity contribution in [2.45, 2.75) is 65.1 Å². The Balaban J connectivity index is 1.87. The van der Waals surface area contributed by atoms with Crippen molar-refractivity contribution in [3.63, 3.8) is 0 Å². The lowest BCUT2D eigenvalue weighted by Gasteiger charge is -2.21. The van der Waals surface area contributed by atoms with Gasteiger partial charge in [-0.3, -0.25) is 14.6 Å². The third kappa shape index (κ3) is 7.67. The molecule has 0 radical (unpaired) electrons. The highest BCUT2D eigenvalue weighted by Crippen LogP contribution is 2.28. The van der Waals surface area contributed by atoms with Gasteiger partial charge in [-0.15, -0.1) is 0 Å². The van der Waals surface area contributed by atoms with Gasteiger partial charge in [-0.1, -0.05) is 19.9 Å². The van der Waals surface area contributed by atoms with Crippen LogP contribution in [0.3, 0.4) is 0 Å². The number of anilines is 1. The lowest BCUT2D eigenvalue weighted by molar-refractivity contribution is -0.129. The number of methoxy groups -OCH3 is 1. The summed E-state index contributed by atoms with van der Waals surface area (Å²) in [5, 5.41) is 10.2. The fraction of sp³-hybridized carbons (Fsp3) is 0.542. The van der Waals surface area contributed by atoms with E-state index in [-0.39, 0.29) is 23.8 Å². The number of ether oxygens (including phenoxy) is 1. The second kappa shape index (κ2) is 12.2. The smallest absolute Gasteiger partial charge is 0.242 e. The molecule has 5 N–H and O–H groups in total. The molecule has 3 atom stereocenters. The molecule has 2 aromatic rings. The molecule has 0 saturated carbocycles. The van der Waals surface area contributed by atoms with E-state index in [9.17, 15) is 9.59 Å². The molecule has 0 aliphatic carbocycles. The van der Waals surface area contributed by atoms with Crippen molar-refractivity contribution in [2.24, 2.45) is 11.7 Å². The highest BCUT2D eigenvalue weighted by molar-refractivity contribution is 5.92. The number of amides is 2. The molecule has 2 rings (SSSR count). The van der Waals surface area contributed by atoms with E-state index in [4.69, 9.17) is 10.5 Å². The van der Waals surface area contributed by atoms with Crippen molar-refractivity contribution in [3.8, 4) is 5.75 Å². The van der Waals surface area contributed by atoms with E-state index in [0.717, 1.165) is 35.2 Å². The summed E-state index contributed by atoms with van der Waals surface area (Å²) in [6.45, 7) is 8.27. The molecular weight excluding hydrogens is 406 g/mol. The number of rotatable bonds is 12. The van der Waals surface area contributed by atoms with Gasteiger partial charge in [-0.25, -0.2) is 0 Å². The second-order valence-electron chi connectivity index (χ2n) is 8.71. The molecule has 1 heterocycles. The van der Waals surface area contributed by atoms with Gasteiger partial charge in [0.15, 0.2) is 0 Å².